The highest BCUT2D eigenvalue weighted by molar-refractivity contribution is 7.07. The van der Waals surface area contributed by atoms with Crippen LogP contribution in [0.5, 0.6) is 11.5 Å². The maximum Gasteiger partial charge on any atom is 0.273 e. The number of benzene rings is 5. The number of fused-ring (bicyclic) bond motifs is 1. The highest BCUT2D eigenvalue weighted by Crippen LogP contribution is 2.33. The lowest BCUT2D eigenvalue weighted by Gasteiger charge is -2.09. The van der Waals surface area contributed by atoms with E-state index in [0.717, 1.165) is 32.4 Å². The van der Waals surface area contributed by atoms with Crippen molar-refractivity contribution in [3.05, 3.63) is 152 Å². The molecule has 0 bridgehead atoms. The van der Waals surface area contributed by atoms with Crippen molar-refractivity contribution in [1.82, 2.24) is 14.3 Å². The smallest absolute Gasteiger partial charge is 0.273 e. The highest BCUT2D eigenvalue weighted by atomic mass is 32.1. The summed E-state index contributed by atoms with van der Waals surface area (Å²) in [6, 6.07) is 35.5. The Morgan fingerprint density at radius 2 is 1.63 bits per heavy atom. The number of nitrogens with one attached hydrogen (secondary N) is 1. The fourth-order valence-corrected chi connectivity index (χ4v) is 6.86. The van der Waals surface area contributed by atoms with Gasteiger partial charge in [-0.25, -0.2) is 9.07 Å². The predicted molar refractivity (Wildman–Crippen MR) is 196 cm³/mol. The number of para-hydroxylation sites is 2. The van der Waals surface area contributed by atoms with Gasteiger partial charge in [0, 0.05) is 28.4 Å². The molecule has 0 atom stereocenters. The molecule has 0 saturated heterocycles. The van der Waals surface area contributed by atoms with Crippen LogP contribution in [-0.2, 0) is 4.79 Å². The topological polar surface area (TPSA) is 111 Å². The molecule has 1 amide bonds. The molecule has 0 fully saturated rings. The van der Waals surface area contributed by atoms with E-state index in [-0.39, 0.29) is 20.5 Å². The number of aromatic nitrogens is 3. The van der Waals surface area contributed by atoms with Crippen LogP contribution in [0.2, 0.25) is 0 Å². The van der Waals surface area contributed by atoms with E-state index in [1.807, 2.05) is 72.8 Å². The van der Waals surface area contributed by atoms with Gasteiger partial charge in [0.15, 0.2) is 17.1 Å². The molecule has 2 aromatic heterocycles. The number of methoxy groups -OCH3 is 2. The predicted octanol–water partition coefficient (Wildman–Crippen LogP) is 6.20. The SMILES string of the molecule is COc1ccc(-c2nn(-c3ccccc3)cc2/C=c2/s/c(=C(/C#N)C(=O)Nc3cccc4ccccc34)n(-c3ccccc3F)c2=O)cc1OC. The minimum atomic E-state index is -0.741. The second-order valence-corrected chi connectivity index (χ2v) is 12.3. The summed E-state index contributed by atoms with van der Waals surface area (Å²) in [5.74, 6) is -0.415. The van der Waals surface area contributed by atoms with E-state index in [1.165, 1.54) is 25.3 Å². The van der Waals surface area contributed by atoms with Crippen molar-refractivity contribution in [1.29, 1.82) is 5.26 Å². The largest absolute Gasteiger partial charge is 0.493 e. The average Bonchev–Trinajstić information content (AvgIpc) is 3.73. The molecule has 7 aromatic rings. The Hall–Kier alpha value is -6.77. The molecule has 0 aliphatic rings. The summed E-state index contributed by atoms with van der Waals surface area (Å²) in [6.07, 6.45) is 3.40. The number of nitrogens with zero attached hydrogens (tertiary/aromatic N) is 4. The van der Waals surface area contributed by atoms with Gasteiger partial charge < -0.3 is 14.8 Å². The van der Waals surface area contributed by atoms with Crippen molar-refractivity contribution in [3.8, 4) is 40.2 Å². The van der Waals surface area contributed by atoms with E-state index in [9.17, 15) is 14.9 Å². The zero-order valence-corrected chi connectivity index (χ0v) is 28.1. The van der Waals surface area contributed by atoms with Crippen molar-refractivity contribution in [2.45, 2.75) is 0 Å². The molecule has 2 heterocycles. The number of rotatable bonds is 8. The zero-order chi connectivity index (χ0) is 35.5. The Morgan fingerprint density at radius 3 is 2.39 bits per heavy atom. The van der Waals surface area contributed by atoms with Gasteiger partial charge in [0.2, 0.25) is 0 Å². The normalized spacial score (nSPS) is 12.0. The second-order valence-electron chi connectivity index (χ2n) is 11.3. The van der Waals surface area contributed by atoms with Gasteiger partial charge >= 0.3 is 0 Å². The highest BCUT2D eigenvalue weighted by Gasteiger charge is 2.21. The molecular weight excluding hydrogens is 666 g/mol. The van der Waals surface area contributed by atoms with Gasteiger partial charge in [0.1, 0.15) is 22.2 Å². The zero-order valence-electron chi connectivity index (χ0n) is 27.3. The van der Waals surface area contributed by atoms with Gasteiger partial charge in [0.05, 0.1) is 30.1 Å². The van der Waals surface area contributed by atoms with Gasteiger partial charge in [-0.15, -0.1) is 11.3 Å². The van der Waals surface area contributed by atoms with Crippen LogP contribution in [0.25, 0.3) is 45.1 Å². The third kappa shape index (κ3) is 6.27. The molecule has 1 N–H and O–H groups in total. The van der Waals surface area contributed by atoms with Crippen molar-refractivity contribution in [3.63, 3.8) is 0 Å². The Bertz CT molecular complexity index is 2670. The number of hydrogen-bond acceptors (Lipinski definition) is 7. The second kappa shape index (κ2) is 14.0. The fraction of sp³-hybridized carbons (Fsp3) is 0.0500. The Labute approximate surface area is 295 Å². The molecule has 0 unspecified atom stereocenters. The van der Waals surface area contributed by atoms with Crippen LogP contribution < -0.4 is 29.5 Å². The summed E-state index contributed by atoms with van der Waals surface area (Å²) >= 11 is 0.909. The number of carbonyl (C=O) groups is 1. The van der Waals surface area contributed by atoms with Gasteiger partial charge in [-0.3, -0.25) is 14.2 Å². The number of thiazole rings is 1. The van der Waals surface area contributed by atoms with Crippen LogP contribution in [-0.4, -0.2) is 34.5 Å². The third-order valence-electron chi connectivity index (χ3n) is 8.21. The number of hydrogen-bond donors (Lipinski definition) is 1. The first-order valence-corrected chi connectivity index (χ1v) is 16.5. The minimum absolute atomic E-state index is 0.0281. The first kappa shape index (κ1) is 32.8. The minimum Gasteiger partial charge on any atom is -0.493 e. The lowest BCUT2D eigenvalue weighted by atomic mass is 10.1. The number of anilines is 1. The summed E-state index contributed by atoms with van der Waals surface area (Å²) in [5, 5.41) is 19.8. The average molecular weight is 694 g/mol. The molecule has 51 heavy (non-hydrogen) atoms. The van der Waals surface area contributed by atoms with Crippen LogP contribution in [0, 0.1) is 17.1 Å². The summed E-state index contributed by atoms with van der Waals surface area (Å²) in [7, 11) is 3.08. The summed E-state index contributed by atoms with van der Waals surface area (Å²) in [4.78, 5) is 28.1. The van der Waals surface area contributed by atoms with E-state index in [4.69, 9.17) is 14.6 Å². The van der Waals surface area contributed by atoms with E-state index >= 15 is 4.39 Å². The molecule has 250 valence electrons. The first-order valence-electron chi connectivity index (χ1n) is 15.7. The summed E-state index contributed by atoms with van der Waals surface area (Å²) in [6.45, 7) is 0. The van der Waals surface area contributed by atoms with Crippen LogP contribution >= 0.6 is 11.3 Å². The van der Waals surface area contributed by atoms with Crippen LogP contribution in [0.4, 0.5) is 10.1 Å². The number of nitriles is 1. The van der Waals surface area contributed by atoms with Crippen molar-refractivity contribution in [2.75, 3.05) is 19.5 Å². The number of halogens is 1. The molecule has 0 saturated carbocycles. The van der Waals surface area contributed by atoms with Gasteiger partial charge in [-0.05, 0) is 60.0 Å². The van der Waals surface area contributed by atoms with E-state index in [2.05, 4.69) is 5.32 Å². The molecule has 9 nitrogen and oxygen atoms in total. The van der Waals surface area contributed by atoms with Crippen LogP contribution in [0.3, 0.4) is 0 Å². The lowest BCUT2D eigenvalue weighted by Crippen LogP contribution is -2.32. The number of amides is 1. The fourth-order valence-electron chi connectivity index (χ4n) is 5.77. The molecule has 5 aromatic carbocycles. The Kier molecular flexibility index (Phi) is 8.99. The molecule has 0 spiro atoms. The van der Waals surface area contributed by atoms with Crippen molar-refractivity contribution in [2.24, 2.45) is 0 Å². The summed E-state index contributed by atoms with van der Waals surface area (Å²) in [5.41, 5.74) is 1.95. The molecule has 0 radical (unpaired) electrons. The van der Waals surface area contributed by atoms with Crippen molar-refractivity contribution >= 4 is 45.4 Å². The van der Waals surface area contributed by atoms with E-state index in [1.54, 1.807) is 54.4 Å². The van der Waals surface area contributed by atoms with E-state index < -0.39 is 17.3 Å². The Morgan fingerprint density at radius 1 is 0.902 bits per heavy atom. The van der Waals surface area contributed by atoms with Gasteiger partial charge in [0.25, 0.3) is 11.5 Å². The number of carbonyl (C=O) groups excluding carboxylic acids is 1. The van der Waals surface area contributed by atoms with Crippen molar-refractivity contribution < 1.29 is 18.7 Å². The molecular formula is C40H28FN5O4S. The molecule has 0 aliphatic carbocycles. The monoisotopic (exact) mass is 693 g/mol. The van der Waals surface area contributed by atoms with Crippen LogP contribution in [0.15, 0.2) is 126 Å². The molecule has 11 heteroatoms. The van der Waals surface area contributed by atoms with Gasteiger partial charge in [-0.1, -0.05) is 66.7 Å². The molecule has 0 aliphatic heterocycles. The standard InChI is InChI=1S/C40H28FN5O4S/c1-49-34-20-19-26(21-35(34)50-2)37-27(24-45(44-37)28-13-4-3-5-14-28)22-36-39(48)46(33-18-9-8-16-31(33)41)40(51-36)30(23-42)38(47)43-32-17-10-12-25-11-6-7-15-29(25)32/h3-22,24H,1-2H3,(H,43,47)/b36-22+,40-30-. The maximum atomic E-state index is 15.4. The first-order chi connectivity index (χ1) is 24.9. The third-order valence-corrected chi connectivity index (χ3v) is 9.31. The lowest BCUT2D eigenvalue weighted by molar-refractivity contribution is -0.111. The Balaban J connectivity index is 1.46. The summed E-state index contributed by atoms with van der Waals surface area (Å²) < 4.78 is 29.2. The van der Waals surface area contributed by atoms with Crippen LogP contribution in [0.1, 0.15) is 5.56 Å². The van der Waals surface area contributed by atoms with Gasteiger partial charge in [-0.2, -0.15) is 10.4 Å². The quantitative estimate of drug-likeness (QED) is 0.203. The van der Waals surface area contributed by atoms with E-state index in [0.29, 0.717) is 34.0 Å². The maximum absolute atomic E-state index is 15.4. The number of ether oxygens (including phenoxy) is 2. The molecule has 7 rings (SSSR count).